The van der Waals surface area contributed by atoms with Crippen molar-refractivity contribution < 1.29 is 18.9 Å². The Morgan fingerprint density at radius 1 is 1.14 bits per heavy atom. The summed E-state index contributed by atoms with van der Waals surface area (Å²) in [6.45, 7) is 5.66. The maximum Gasteiger partial charge on any atom is 0.343 e. The number of ether oxygens (including phenoxy) is 1. The quantitative estimate of drug-likeness (QED) is 0.575. The Kier molecular flexibility index (Phi) is 3.99. The number of nitrogens with zero attached hydrogens (tertiary/aromatic N) is 1. The number of carbonyl (C=O) groups is 1. The number of hydrogen-bond acceptors (Lipinski definition) is 6. The van der Waals surface area contributed by atoms with Gasteiger partial charge in [0.25, 0.3) is 5.69 Å². The van der Waals surface area contributed by atoms with Gasteiger partial charge < -0.3 is 9.15 Å². The highest BCUT2D eigenvalue weighted by Crippen LogP contribution is 2.49. The fourth-order valence-electron chi connectivity index (χ4n) is 4.03. The van der Waals surface area contributed by atoms with E-state index in [4.69, 9.17) is 9.15 Å². The third-order valence-corrected chi connectivity index (χ3v) is 5.20. The van der Waals surface area contributed by atoms with Gasteiger partial charge in [0.05, 0.1) is 16.4 Å². The van der Waals surface area contributed by atoms with Crippen molar-refractivity contribution >= 4 is 11.5 Å². The van der Waals surface area contributed by atoms with Crippen molar-refractivity contribution in [1.82, 2.24) is 0 Å². The molecule has 2 heterocycles. The van der Waals surface area contributed by atoms with Gasteiger partial charge in [-0.15, -0.1) is 0 Å². The molecule has 144 valence electrons. The van der Waals surface area contributed by atoms with E-state index in [0.29, 0.717) is 41.2 Å². The second-order valence-electron chi connectivity index (χ2n) is 8.08. The number of fused-ring (bicyclic) bond motifs is 1. The first-order valence-corrected chi connectivity index (χ1v) is 8.99. The van der Waals surface area contributed by atoms with Crippen LogP contribution in [-0.4, -0.2) is 10.7 Å². The summed E-state index contributed by atoms with van der Waals surface area (Å²) in [6.07, 6.45) is 0.904. The molecular weight excluding hydrogens is 362 g/mol. The number of rotatable bonds is 2. The highest BCUT2D eigenvalue weighted by atomic mass is 16.6. The Bertz CT molecular complexity index is 1090. The molecule has 28 heavy (non-hydrogen) atoms. The van der Waals surface area contributed by atoms with Crippen LogP contribution >= 0.6 is 0 Å². The van der Waals surface area contributed by atoms with Crippen LogP contribution in [0.2, 0.25) is 0 Å². The van der Waals surface area contributed by atoms with Gasteiger partial charge in [-0.2, -0.15) is 0 Å². The molecule has 0 fully saturated rings. The lowest BCUT2D eigenvalue weighted by Gasteiger charge is -2.37. The predicted molar refractivity (Wildman–Crippen MR) is 100 cm³/mol. The molecule has 0 amide bonds. The summed E-state index contributed by atoms with van der Waals surface area (Å²) in [5.41, 5.74) is 0.442. The first-order valence-electron chi connectivity index (χ1n) is 8.99. The van der Waals surface area contributed by atoms with E-state index in [9.17, 15) is 19.7 Å². The minimum atomic E-state index is -0.667. The van der Waals surface area contributed by atoms with E-state index < -0.39 is 16.5 Å². The van der Waals surface area contributed by atoms with Gasteiger partial charge in [-0.3, -0.25) is 14.9 Å². The summed E-state index contributed by atoms with van der Waals surface area (Å²) in [5, 5.41) is 11.0. The van der Waals surface area contributed by atoms with E-state index in [1.165, 1.54) is 12.1 Å². The van der Waals surface area contributed by atoms with E-state index in [1.54, 1.807) is 25.1 Å². The number of benzene rings is 1. The summed E-state index contributed by atoms with van der Waals surface area (Å²) in [6, 6.07) is 7.55. The van der Waals surface area contributed by atoms with Gasteiger partial charge in [0.1, 0.15) is 17.3 Å². The van der Waals surface area contributed by atoms with Gasteiger partial charge in [-0.1, -0.05) is 26.0 Å². The molecule has 1 aromatic heterocycles. The molecule has 1 unspecified atom stereocenters. The lowest BCUT2D eigenvalue weighted by molar-refractivity contribution is -0.384. The molecule has 7 nitrogen and oxygen atoms in total. The average molecular weight is 381 g/mol. The fraction of sp³-hybridized carbons (Fsp3) is 0.333. The van der Waals surface area contributed by atoms with Gasteiger partial charge in [0.15, 0.2) is 5.78 Å². The lowest BCUT2D eigenvalue weighted by Crippen LogP contribution is -2.34. The smallest absolute Gasteiger partial charge is 0.343 e. The minimum absolute atomic E-state index is 0.0581. The third kappa shape index (κ3) is 2.93. The Labute approximate surface area is 160 Å². The van der Waals surface area contributed by atoms with E-state index >= 15 is 0 Å². The molecule has 0 saturated heterocycles. The van der Waals surface area contributed by atoms with Crippen LogP contribution in [0, 0.1) is 22.5 Å². The van der Waals surface area contributed by atoms with Crippen molar-refractivity contribution in [1.29, 1.82) is 0 Å². The van der Waals surface area contributed by atoms with Crippen molar-refractivity contribution in [2.45, 2.75) is 39.5 Å². The van der Waals surface area contributed by atoms with Gasteiger partial charge in [0.2, 0.25) is 0 Å². The summed E-state index contributed by atoms with van der Waals surface area (Å²) in [4.78, 5) is 36.2. The van der Waals surface area contributed by atoms with E-state index in [-0.39, 0.29) is 22.4 Å². The number of hydrogen-bond donors (Lipinski definition) is 0. The molecule has 0 bridgehead atoms. The standard InChI is InChI=1S/C21H19NO6/c1-11-8-15-19(20(24)27-11)17(12-4-6-13(7-5-12)22(25)26)18-14(23)9-21(2,3)10-16(18)28-15/h4-8,17H,9-10H2,1-3H3. The van der Waals surface area contributed by atoms with Crippen LogP contribution in [0.15, 0.2) is 50.9 Å². The van der Waals surface area contributed by atoms with Crippen molar-refractivity contribution in [2.24, 2.45) is 5.41 Å². The molecule has 0 radical (unpaired) electrons. The number of aryl methyl sites for hydroxylation is 1. The molecule has 2 aromatic rings. The molecule has 1 aliphatic carbocycles. The average Bonchev–Trinajstić information content (AvgIpc) is 2.58. The number of nitro benzene ring substituents is 1. The molecule has 2 aliphatic rings. The number of carbonyl (C=O) groups excluding carboxylic acids is 1. The zero-order valence-corrected chi connectivity index (χ0v) is 15.8. The number of allylic oxidation sites excluding steroid dienone is 2. The molecule has 0 spiro atoms. The Balaban J connectivity index is 1.95. The maximum absolute atomic E-state index is 13.0. The molecular formula is C21H19NO6. The summed E-state index contributed by atoms with van der Waals surface area (Å²) >= 11 is 0. The number of nitro groups is 1. The lowest BCUT2D eigenvalue weighted by atomic mass is 9.70. The maximum atomic E-state index is 13.0. The zero-order valence-electron chi connectivity index (χ0n) is 15.8. The highest BCUT2D eigenvalue weighted by molar-refractivity contribution is 6.00. The van der Waals surface area contributed by atoms with Crippen molar-refractivity contribution in [3.05, 3.63) is 79.1 Å². The largest absolute Gasteiger partial charge is 0.461 e. The molecule has 1 aliphatic heterocycles. The normalized spacial score (nSPS) is 20.2. The van der Waals surface area contributed by atoms with Crippen LogP contribution in [0.3, 0.4) is 0 Å². The first-order chi connectivity index (χ1) is 13.2. The molecule has 7 heteroatoms. The van der Waals surface area contributed by atoms with Gasteiger partial charge >= 0.3 is 5.63 Å². The number of Topliss-reactive ketones (excluding diaryl/α,β-unsaturated/α-hetero) is 1. The summed E-state index contributed by atoms with van der Waals surface area (Å²) < 4.78 is 11.3. The van der Waals surface area contributed by atoms with Crippen molar-refractivity contribution in [3.8, 4) is 5.75 Å². The third-order valence-electron chi connectivity index (χ3n) is 5.20. The van der Waals surface area contributed by atoms with Gasteiger partial charge in [-0.05, 0) is 17.9 Å². The molecule has 1 atom stereocenters. The van der Waals surface area contributed by atoms with Crippen LogP contribution < -0.4 is 10.4 Å². The summed E-state index contributed by atoms with van der Waals surface area (Å²) in [7, 11) is 0. The highest BCUT2D eigenvalue weighted by Gasteiger charge is 2.43. The van der Waals surface area contributed by atoms with E-state index in [0.717, 1.165) is 0 Å². The van der Waals surface area contributed by atoms with Crippen LogP contribution in [0.25, 0.3) is 0 Å². The number of ketones is 1. The molecule has 0 saturated carbocycles. The van der Waals surface area contributed by atoms with Crippen LogP contribution in [0.1, 0.15) is 49.5 Å². The topological polar surface area (TPSA) is 99.6 Å². The monoisotopic (exact) mass is 381 g/mol. The SMILES string of the molecule is Cc1cc2c(c(=O)o1)C(c1ccc([N+](=O)[O-])cc1)C1=C(CC(C)(C)CC1=O)O2. The number of non-ortho nitro benzene ring substituents is 1. The second-order valence-corrected chi connectivity index (χ2v) is 8.08. The summed E-state index contributed by atoms with van der Waals surface area (Å²) in [5.74, 6) is 0.598. The zero-order chi connectivity index (χ0) is 20.2. The minimum Gasteiger partial charge on any atom is -0.461 e. The predicted octanol–water partition coefficient (Wildman–Crippen LogP) is 4.02. The second kappa shape index (κ2) is 6.15. The van der Waals surface area contributed by atoms with Crippen LogP contribution in [0.5, 0.6) is 5.75 Å². The Hall–Kier alpha value is -3.22. The molecule has 4 rings (SSSR count). The van der Waals surface area contributed by atoms with Crippen molar-refractivity contribution in [2.75, 3.05) is 0 Å². The van der Waals surface area contributed by atoms with Crippen LogP contribution in [-0.2, 0) is 4.79 Å². The fourth-order valence-corrected chi connectivity index (χ4v) is 4.03. The van der Waals surface area contributed by atoms with Gasteiger partial charge in [-0.25, -0.2) is 4.79 Å². The van der Waals surface area contributed by atoms with Crippen molar-refractivity contribution in [3.63, 3.8) is 0 Å². The molecule has 1 aromatic carbocycles. The van der Waals surface area contributed by atoms with Crippen LogP contribution in [0.4, 0.5) is 5.69 Å². The first kappa shape index (κ1) is 18.2. The molecule has 0 N–H and O–H groups in total. The van der Waals surface area contributed by atoms with Gasteiger partial charge in [0, 0.05) is 36.6 Å². The van der Waals surface area contributed by atoms with E-state index in [1.807, 2.05) is 13.8 Å². The van der Waals surface area contributed by atoms with E-state index in [2.05, 4.69) is 0 Å². The Morgan fingerprint density at radius 3 is 2.46 bits per heavy atom. The Morgan fingerprint density at radius 2 is 1.82 bits per heavy atom.